The maximum atomic E-state index is 11.5. The molecular formula is C18H24ClN3O3. The molecule has 0 saturated carbocycles. The first-order valence-electron chi connectivity index (χ1n) is 8.42. The molecular weight excluding hydrogens is 342 g/mol. The van der Waals surface area contributed by atoms with E-state index in [0.717, 1.165) is 30.8 Å². The molecule has 1 heterocycles. The molecule has 0 bridgehead atoms. The summed E-state index contributed by atoms with van der Waals surface area (Å²) in [6, 6.07) is 9.45. The average molecular weight is 366 g/mol. The van der Waals surface area contributed by atoms with Gasteiger partial charge in [0.15, 0.2) is 0 Å². The van der Waals surface area contributed by atoms with Gasteiger partial charge in [0, 0.05) is 29.9 Å². The van der Waals surface area contributed by atoms with E-state index in [-0.39, 0.29) is 12.8 Å². The minimum absolute atomic E-state index is 0.152. The zero-order valence-corrected chi connectivity index (χ0v) is 15.1. The zero-order valence-electron chi connectivity index (χ0n) is 14.3. The van der Waals surface area contributed by atoms with Crippen LogP contribution >= 0.6 is 11.6 Å². The number of nitrogens with zero attached hydrogens (tertiary/aromatic N) is 1. The molecule has 0 aliphatic rings. The lowest BCUT2D eigenvalue weighted by molar-refractivity contribution is 0.0707. The highest BCUT2D eigenvalue weighted by Crippen LogP contribution is 2.17. The first-order valence-corrected chi connectivity index (χ1v) is 8.80. The topological polar surface area (TPSA) is 76.1 Å². The van der Waals surface area contributed by atoms with Gasteiger partial charge in [-0.05, 0) is 50.4 Å². The number of aromatic amines is 1. The Morgan fingerprint density at radius 2 is 2.08 bits per heavy atom. The number of aromatic nitrogens is 2. The molecule has 0 aliphatic carbocycles. The van der Waals surface area contributed by atoms with Crippen molar-refractivity contribution >= 4 is 11.6 Å². The highest BCUT2D eigenvalue weighted by molar-refractivity contribution is 6.30. The summed E-state index contributed by atoms with van der Waals surface area (Å²) in [7, 11) is 0. The van der Waals surface area contributed by atoms with Crippen LogP contribution in [0.25, 0.3) is 0 Å². The fourth-order valence-corrected chi connectivity index (χ4v) is 2.63. The molecule has 0 fully saturated rings. The van der Waals surface area contributed by atoms with Crippen molar-refractivity contribution in [3.05, 3.63) is 68.0 Å². The molecule has 0 unspecified atom stereocenters. The number of hydrogen-bond donors (Lipinski definition) is 2. The van der Waals surface area contributed by atoms with Crippen molar-refractivity contribution in [2.45, 2.75) is 39.0 Å². The van der Waals surface area contributed by atoms with E-state index < -0.39 is 11.2 Å². The van der Waals surface area contributed by atoms with E-state index in [0.29, 0.717) is 6.61 Å². The smallest absolute Gasteiger partial charge is 0.330 e. The molecule has 1 atom stereocenters. The SMILES string of the molecule is C[C@@H](NCCCCCOCn1ccc(=O)[nH]c1=O)c1cccc(Cl)c1. The number of H-pyrrole nitrogens is 1. The largest absolute Gasteiger partial charge is 0.361 e. The molecule has 1 aromatic carbocycles. The van der Waals surface area contributed by atoms with Crippen LogP contribution in [0.5, 0.6) is 0 Å². The summed E-state index contributed by atoms with van der Waals surface area (Å²) in [6.45, 7) is 3.78. The van der Waals surface area contributed by atoms with E-state index >= 15 is 0 Å². The third-order valence-corrected chi connectivity index (χ3v) is 4.13. The minimum Gasteiger partial charge on any atom is -0.361 e. The first-order chi connectivity index (χ1) is 12.1. The summed E-state index contributed by atoms with van der Waals surface area (Å²) < 4.78 is 6.79. The summed E-state index contributed by atoms with van der Waals surface area (Å²) in [4.78, 5) is 24.6. The molecule has 2 rings (SSSR count). The average Bonchev–Trinajstić information content (AvgIpc) is 2.58. The second-order valence-electron chi connectivity index (χ2n) is 5.91. The third-order valence-electron chi connectivity index (χ3n) is 3.89. The number of benzene rings is 1. The van der Waals surface area contributed by atoms with Crippen molar-refractivity contribution in [1.82, 2.24) is 14.9 Å². The quantitative estimate of drug-likeness (QED) is 0.635. The van der Waals surface area contributed by atoms with Gasteiger partial charge >= 0.3 is 5.69 Å². The number of unbranched alkanes of at least 4 members (excludes halogenated alkanes) is 2. The van der Waals surface area contributed by atoms with Gasteiger partial charge in [-0.2, -0.15) is 0 Å². The molecule has 2 aromatic rings. The van der Waals surface area contributed by atoms with E-state index in [9.17, 15) is 9.59 Å². The maximum absolute atomic E-state index is 11.5. The summed E-state index contributed by atoms with van der Waals surface area (Å²) in [6.07, 6.45) is 4.44. The van der Waals surface area contributed by atoms with Gasteiger partial charge < -0.3 is 10.1 Å². The monoisotopic (exact) mass is 365 g/mol. The standard InChI is InChI=1S/C18H24ClN3O3/c1-14(15-6-5-7-16(19)12-15)20-9-3-2-4-11-25-13-22-10-8-17(23)21-18(22)24/h5-8,10,12,14,20H,2-4,9,11,13H2,1H3,(H,21,23,24)/t14-/m1/s1. The van der Waals surface area contributed by atoms with Crippen LogP contribution in [0.3, 0.4) is 0 Å². The Kier molecular flexibility index (Phi) is 7.91. The van der Waals surface area contributed by atoms with E-state index in [1.807, 2.05) is 18.2 Å². The Labute approximate surface area is 151 Å². The molecule has 0 saturated heterocycles. The number of rotatable bonds is 10. The zero-order chi connectivity index (χ0) is 18.1. The van der Waals surface area contributed by atoms with Gasteiger partial charge in [-0.1, -0.05) is 23.7 Å². The molecule has 0 spiro atoms. The van der Waals surface area contributed by atoms with Crippen LogP contribution in [0, 0.1) is 0 Å². The highest BCUT2D eigenvalue weighted by atomic mass is 35.5. The van der Waals surface area contributed by atoms with Gasteiger partial charge in [-0.15, -0.1) is 0 Å². The lowest BCUT2D eigenvalue weighted by atomic mass is 10.1. The molecule has 7 heteroatoms. The fraction of sp³-hybridized carbons (Fsp3) is 0.444. The highest BCUT2D eigenvalue weighted by Gasteiger charge is 2.04. The Balaban J connectivity index is 1.55. The third kappa shape index (κ3) is 6.86. The van der Waals surface area contributed by atoms with Crippen molar-refractivity contribution in [2.75, 3.05) is 13.2 Å². The van der Waals surface area contributed by atoms with Gasteiger partial charge in [-0.3, -0.25) is 14.3 Å². The molecule has 25 heavy (non-hydrogen) atoms. The van der Waals surface area contributed by atoms with Crippen molar-refractivity contribution < 1.29 is 4.74 Å². The Bertz CT molecular complexity index is 772. The Morgan fingerprint density at radius 3 is 2.84 bits per heavy atom. The lowest BCUT2D eigenvalue weighted by Gasteiger charge is -2.14. The van der Waals surface area contributed by atoms with Crippen LogP contribution < -0.4 is 16.6 Å². The predicted octanol–water partition coefficient (Wildman–Crippen LogP) is 2.69. The van der Waals surface area contributed by atoms with Crippen LogP contribution in [0.4, 0.5) is 0 Å². The minimum atomic E-state index is -0.452. The molecule has 0 aliphatic heterocycles. The van der Waals surface area contributed by atoms with Crippen LogP contribution in [0.15, 0.2) is 46.1 Å². The van der Waals surface area contributed by atoms with Crippen molar-refractivity contribution in [3.8, 4) is 0 Å². The van der Waals surface area contributed by atoms with E-state index in [4.69, 9.17) is 16.3 Å². The number of halogens is 1. The summed E-state index contributed by atoms with van der Waals surface area (Å²) >= 11 is 6.00. The second kappa shape index (κ2) is 10.2. The molecule has 1 aromatic heterocycles. The van der Waals surface area contributed by atoms with Crippen molar-refractivity contribution in [2.24, 2.45) is 0 Å². The van der Waals surface area contributed by atoms with Crippen molar-refractivity contribution in [1.29, 1.82) is 0 Å². The van der Waals surface area contributed by atoms with Gasteiger partial charge in [0.2, 0.25) is 0 Å². The predicted molar refractivity (Wildman–Crippen MR) is 99.0 cm³/mol. The van der Waals surface area contributed by atoms with Crippen LogP contribution in [-0.2, 0) is 11.5 Å². The molecule has 0 amide bonds. The van der Waals surface area contributed by atoms with Gasteiger partial charge in [-0.25, -0.2) is 4.79 Å². The molecule has 2 N–H and O–H groups in total. The van der Waals surface area contributed by atoms with Gasteiger partial charge in [0.25, 0.3) is 5.56 Å². The van der Waals surface area contributed by atoms with Gasteiger partial charge in [0.05, 0.1) is 0 Å². The second-order valence-corrected chi connectivity index (χ2v) is 6.35. The van der Waals surface area contributed by atoms with Crippen LogP contribution in [0.1, 0.15) is 37.8 Å². The summed E-state index contributed by atoms with van der Waals surface area (Å²) in [5, 5.41) is 4.23. The lowest BCUT2D eigenvalue weighted by Crippen LogP contribution is -2.29. The summed E-state index contributed by atoms with van der Waals surface area (Å²) in [5.41, 5.74) is 0.328. The van der Waals surface area contributed by atoms with Crippen LogP contribution in [-0.4, -0.2) is 22.7 Å². The number of ether oxygens (including phenoxy) is 1. The fourth-order valence-electron chi connectivity index (χ4n) is 2.43. The van der Waals surface area contributed by atoms with Crippen molar-refractivity contribution in [3.63, 3.8) is 0 Å². The summed E-state index contributed by atoms with van der Waals surface area (Å²) in [5.74, 6) is 0. The van der Waals surface area contributed by atoms with E-state index in [1.165, 1.54) is 22.4 Å². The Hall–Kier alpha value is -1.89. The first kappa shape index (κ1) is 19.4. The molecule has 136 valence electrons. The van der Waals surface area contributed by atoms with E-state index in [1.54, 1.807) is 0 Å². The molecule has 6 nitrogen and oxygen atoms in total. The van der Waals surface area contributed by atoms with E-state index in [2.05, 4.69) is 23.3 Å². The molecule has 0 radical (unpaired) electrons. The van der Waals surface area contributed by atoms with Gasteiger partial charge in [0.1, 0.15) is 6.73 Å². The normalized spacial score (nSPS) is 12.2. The maximum Gasteiger partial charge on any atom is 0.330 e. The van der Waals surface area contributed by atoms with Crippen LogP contribution in [0.2, 0.25) is 5.02 Å². The number of hydrogen-bond acceptors (Lipinski definition) is 4. The number of nitrogens with one attached hydrogen (secondary N) is 2. The Morgan fingerprint density at radius 1 is 1.24 bits per heavy atom.